The zero-order valence-corrected chi connectivity index (χ0v) is 28.9. The number of esters is 2. The molecule has 0 bridgehead atoms. The summed E-state index contributed by atoms with van der Waals surface area (Å²) in [5.41, 5.74) is 7.04. The molecular weight excluding hydrogens is 552 g/mol. The first kappa shape index (κ1) is 33.5. The molecule has 4 saturated carbocycles. The average Bonchev–Trinajstić information content (AvgIpc) is 2.96. The van der Waals surface area contributed by atoms with Crippen molar-refractivity contribution in [1.29, 1.82) is 0 Å². The Hall–Kier alpha value is -1.89. The van der Waals surface area contributed by atoms with Gasteiger partial charge < -0.3 is 20.5 Å². The minimum atomic E-state index is -0.380. The minimum absolute atomic E-state index is 0.00899. The Labute approximate surface area is 266 Å². The molecule has 0 aromatic rings. The molecule has 0 spiro atoms. The predicted molar refractivity (Wildman–Crippen MR) is 172 cm³/mol. The lowest BCUT2D eigenvalue weighted by Crippen LogP contribution is -2.65. The third kappa shape index (κ3) is 5.06. The maximum atomic E-state index is 13.5. The van der Waals surface area contributed by atoms with Gasteiger partial charge in [-0.25, -0.2) is 0 Å². The number of rotatable bonds is 7. The molecule has 5 aliphatic carbocycles. The molecule has 0 aromatic carbocycles. The fourth-order valence-corrected chi connectivity index (χ4v) is 11.7. The number of carbonyl (C=O) groups excluding carboxylic acids is 3. The third-order valence-electron chi connectivity index (χ3n) is 14.5. The summed E-state index contributed by atoms with van der Waals surface area (Å²) in [7, 11) is 1.58. The quantitative estimate of drug-likeness (QED) is 0.244. The van der Waals surface area contributed by atoms with Crippen molar-refractivity contribution in [3.8, 4) is 0 Å². The van der Waals surface area contributed by atoms with E-state index in [1.54, 1.807) is 12.7 Å². The Morgan fingerprint density at radius 3 is 2.30 bits per heavy atom. The van der Waals surface area contributed by atoms with Crippen molar-refractivity contribution >= 4 is 17.8 Å². The topological polar surface area (TPSA) is 108 Å². The molecule has 4 fully saturated rings. The van der Waals surface area contributed by atoms with Crippen molar-refractivity contribution in [3.63, 3.8) is 0 Å². The van der Waals surface area contributed by atoms with Gasteiger partial charge in [0, 0.05) is 24.9 Å². The van der Waals surface area contributed by atoms with Gasteiger partial charge in [-0.05, 0) is 104 Å². The minimum Gasteiger partial charge on any atom is -0.469 e. The van der Waals surface area contributed by atoms with Crippen LogP contribution in [0.2, 0.25) is 0 Å². The van der Waals surface area contributed by atoms with Crippen LogP contribution in [0.15, 0.2) is 11.6 Å². The SMILES string of the molecule is COC(=O)[C@]12CCC(C)(C)C[C@H]1C1=CC[C@@H]3[C@@]4(C)CC[C@H](OC(=O)CCC(=O)NCCN)C(C)(C)[C@@H]4CC[C@@]3(C)[C@]1(C)CC2. The van der Waals surface area contributed by atoms with Gasteiger partial charge in [-0.2, -0.15) is 0 Å². The average molecular weight is 613 g/mol. The first-order valence-corrected chi connectivity index (χ1v) is 17.5. The summed E-state index contributed by atoms with van der Waals surface area (Å²) in [6, 6.07) is 0. The molecule has 0 aliphatic heterocycles. The van der Waals surface area contributed by atoms with Gasteiger partial charge in [0.1, 0.15) is 6.10 Å². The van der Waals surface area contributed by atoms with Crippen LogP contribution < -0.4 is 11.1 Å². The first-order valence-electron chi connectivity index (χ1n) is 17.5. The molecule has 3 N–H and O–H groups in total. The van der Waals surface area contributed by atoms with Crippen molar-refractivity contribution in [2.75, 3.05) is 20.2 Å². The molecule has 0 radical (unpaired) electrons. The second-order valence-corrected chi connectivity index (χ2v) is 17.3. The molecule has 1 amide bonds. The van der Waals surface area contributed by atoms with Gasteiger partial charge in [-0.1, -0.05) is 60.1 Å². The summed E-state index contributed by atoms with van der Waals surface area (Å²) in [4.78, 5) is 38.4. The lowest BCUT2D eigenvalue weighted by Gasteiger charge is -2.71. The molecular formula is C37H60N2O5. The third-order valence-corrected chi connectivity index (χ3v) is 14.5. The van der Waals surface area contributed by atoms with Gasteiger partial charge >= 0.3 is 11.9 Å². The van der Waals surface area contributed by atoms with Gasteiger partial charge in [0.15, 0.2) is 0 Å². The number of carbonyl (C=O) groups is 3. The van der Waals surface area contributed by atoms with E-state index in [-0.39, 0.29) is 75.2 Å². The summed E-state index contributed by atoms with van der Waals surface area (Å²) in [6.45, 7) is 17.8. The van der Waals surface area contributed by atoms with E-state index in [0.717, 1.165) is 64.2 Å². The molecule has 0 saturated heterocycles. The van der Waals surface area contributed by atoms with E-state index in [9.17, 15) is 14.4 Å². The molecule has 0 heterocycles. The van der Waals surface area contributed by atoms with Gasteiger partial charge in [0.2, 0.25) is 5.91 Å². The van der Waals surface area contributed by atoms with Crippen LogP contribution in [0.1, 0.15) is 126 Å². The highest BCUT2D eigenvalue weighted by atomic mass is 16.5. The van der Waals surface area contributed by atoms with E-state index >= 15 is 0 Å². The first-order chi connectivity index (χ1) is 20.5. The smallest absolute Gasteiger partial charge is 0.312 e. The van der Waals surface area contributed by atoms with E-state index in [1.807, 2.05) is 0 Å². The lowest BCUT2D eigenvalue weighted by atomic mass is 9.33. The van der Waals surface area contributed by atoms with Crippen LogP contribution in [0, 0.1) is 50.2 Å². The molecule has 0 unspecified atom stereocenters. The van der Waals surface area contributed by atoms with E-state index in [1.165, 1.54) is 0 Å². The van der Waals surface area contributed by atoms with Crippen LogP contribution in [0.5, 0.6) is 0 Å². The Balaban J connectivity index is 1.39. The molecule has 5 aliphatic rings. The number of nitrogens with two attached hydrogens (primary N) is 1. The zero-order valence-electron chi connectivity index (χ0n) is 28.9. The number of allylic oxidation sites excluding steroid dienone is 2. The highest BCUT2D eigenvalue weighted by Gasteiger charge is 2.69. The summed E-state index contributed by atoms with van der Waals surface area (Å²) in [6.07, 6.45) is 12.9. The molecule has 7 heteroatoms. The van der Waals surface area contributed by atoms with Crippen molar-refractivity contribution in [2.24, 2.45) is 56.0 Å². The fraction of sp³-hybridized carbons (Fsp3) is 0.865. The second kappa shape index (κ2) is 11.4. The van der Waals surface area contributed by atoms with E-state index in [2.05, 4.69) is 59.9 Å². The molecule has 248 valence electrons. The highest BCUT2D eigenvalue weighted by Crippen LogP contribution is 2.76. The van der Waals surface area contributed by atoms with Gasteiger partial charge in [-0.15, -0.1) is 0 Å². The largest absolute Gasteiger partial charge is 0.469 e. The molecule has 7 nitrogen and oxygen atoms in total. The maximum Gasteiger partial charge on any atom is 0.312 e. The summed E-state index contributed by atoms with van der Waals surface area (Å²) in [5, 5.41) is 2.73. The van der Waals surface area contributed by atoms with Crippen molar-refractivity contribution in [2.45, 2.75) is 132 Å². The Morgan fingerprint density at radius 2 is 1.61 bits per heavy atom. The standard InChI is InChI=1S/C37H60N2O5/c1-32(2)17-19-37(31(42)43-8)20-18-35(6)24(25(37)23-32)9-10-27-34(5)15-14-28(33(3,4)26(34)13-16-36(27,35)7)44-30(41)12-11-29(40)39-22-21-38/h9,25-28H,10-23,38H2,1-8H3,(H,39,40)/t25-,26-,27+,28-,34-,35+,36+,37-/m0/s1. The predicted octanol–water partition coefficient (Wildman–Crippen LogP) is 6.73. The maximum absolute atomic E-state index is 13.5. The van der Waals surface area contributed by atoms with Crippen LogP contribution in [0.25, 0.3) is 0 Å². The number of nitrogens with one attached hydrogen (secondary N) is 1. The summed E-state index contributed by atoms with van der Waals surface area (Å²) < 4.78 is 11.7. The van der Waals surface area contributed by atoms with Crippen LogP contribution in [-0.4, -0.2) is 44.1 Å². The number of fused-ring (bicyclic) bond motifs is 7. The number of hydrogen-bond donors (Lipinski definition) is 2. The molecule has 8 atom stereocenters. The number of ether oxygens (including phenoxy) is 2. The van der Waals surface area contributed by atoms with Gasteiger partial charge in [-0.3, -0.25) is 14.4 Å². The monoisotopic (exact) mass is 612 g/mol. The van der Waals surface area contributed by atoms with Crippen LogP contribution in [0.4, 0.5) is 0 Å². The molecule has 44 heavy (non-hydrogen) atoms. The number of methoxy groups -OCH3 is 1. The van der Waals surface area contributed by atoms with Gasteiger partial charge in [0.25, 0.3) is 0 Å². The number of amides is 1. The fourth-order valence-electron chi connectivity index (χ4n) is 11.7. The van der Waals surface area contributed by atoms with Crippen molar-refractivity contribution < 1.29 is 23.9 Å². The Kier molecular flexibility index (Phi) is 8.69. The zero-order chi connectivity index (χ0) is 32.3. The summed E-state index contributed by atoms with van der Waals surface area (Å²) in [5.74, 6) is 0.805. The Bertz CT molecular complexity index is 1190. The summed E-state index contributed by atoms with van der Waals surface area (Å²) >= 11 is 0. The van der Waals surface area contributed by atoms with E-state index in [4.69, 9.17) is 15.2 Å². The molecule has 5 rings (SSSR count). The highest BCUT2D eigenvalue weighted by molar-refractivity contribution is 5.81. The van der Waals surface area contributed by atoms with E-state index in [0.29, 0.717) is 24.9 Å². The van der Waals surface area contributed by atoms with E-state index < -0.39 is 0 Å². The lowest BCUT2D eigenvalue weighted by molar-refractivity contribution is -0.214. The van der Waals surface area contributed by atoms with Crippen molar-refractivity contribution in [1.82, 2.24) is 5.32 Å². The van der Waals surface area contributed by atoms with Gasteiger partial charge in [0.05, 0.1) is 18.9 Å². The van der Waals surface area contributed by atoms with Crippen LogP contribution in [-0.2, 0) is 23.9 Å². The number of hydrogen-bond acceptors (Lipinski definition) is 6. The normalized spacial score (nSPS) is 41.9. The second-order valence-electron chi connectivity index (χ2n) is 17.3. The molecule has 0 aromatic heterocycles. The Morgan fingerprint density at radius 1 is 0.909 bits per heavy atom. The van der Waals surface area contributed by atoms with Crippen LogP contribution >= 0.6 is 0 Å². The van der Waals surface area contributed by atoms with Crippen LogP contribution in [0.3, 0.4) is 0 Å². The van der Waals surface area contributed by atoms with Crippen molar-refractivity contribution in [3.05, 3.63) is 11.6 Å².